The Hall–Kier alpha value is -1.88. The summed E-state index contributed by atoms with van der Waals surface area (Å²) in [5, 5.41) is 9.12. The summed E-state index contributed by atoms with van der Waals surface area (Å²) in [6.07, 6.45) is 2.00. The second kappa shape index (κ2) is 5.18. The number of carboxylic acid groups (broad SMARTS) is 1. The second-order valence-electron chi connectivity index (χ2n) is 3.84. The number of imidazole rings is 1. The lowest BCUT2D eigenvalue weighted by atomic mass is 10.2. The van der Waals surface area contributed by atoms with Gasteiger partial charge in [-0.3, -0.25) is 9.78 Å². The van der Waals surface area contributed by atoms with Crippen LogP contribution in [-0.2, 0) is 18.3 Å². The van der Waals surface area contributed by atoms with Gasteiger partial charge in [0.25, 0.3) is 0 Å². The van der Waals surface area contributed by atoms with Gasteiger partial charge in [-0.25, -0.2) is 4.98 Å². The second-order valence-corrected chi connectivity index (χ2v) is 4.20. The Labute approximate surface area is 109 Å². The van der Waals surface area contributed by atoms with Crippen LogP contribution >= 0.6 is 11.6 Å². The Kier molecular flexibility index (Phi) is 3.62. The lowest BCUT2D eigenvalue weighted by Crippen LogP contribution is -1.98. The maximum Gasteiger partial charge on any atom is 0.303 e. The highest BCUT2D eigenvalue weighted by atomic mass is 35.5. The third-order valence-electron chi connectivity index (χ3n) is 2.56. The van der Waals surface area contributed by atoms with Gasteiger partial charge < -0.3 is 9.67 Å². The van der Waals surface area contributed by atoms with Gasteiger partial charge in [-0.15, -0.1) is 0 Å². The van der Waals surface area contributed by atoms with Crippen LogP contribution in [-0.4, -0.2) is 25.6 Å². The van der Waals surface area contributed by atoms with Crippen molar-refractivity contribution in [2.75, 3.05) is 0 Å². The maximum atomic E-state index is 10.6. The summed E-state index contributed by atoms with van der Waals surface area (Å²) in [6, 6.07) is 5.51. The quantitative estimate of drug-likeness (QED) is 0.920. The van der Waals surface area contributed by atoms with Gasteiger partial charge in [0.15, 0.2) is 5.82 Å². The highest BCUT2D eigenvalue weighted by Gasteiger charge is 2.15. The molecule has 0 atom stereocenters. The monoisotopic (exact) mass is 265 g/mol. The van der Waals surface area contributed by atoms with Crippen molar-refractivity contribution in [2.24, 2.45) is 7.05 Å². The molecule has 2 aromatic rings. The molecule has 2 heterocycles. The van der Waals surface area contributed by atoms with Crippen LogP contribution in [0, 0.1) is 0 Å². The van der Waals surface area contributed by atoms with Crippen molar-refractivity contribution in [3.8, 4) is 11.5 Å². The van der Waals surface area contributed by atoms with E-state index in [2.05, 4.69) is 9.97 Å². The summed E-state index contributed by atoms with van der Waals surface area (Å²) in [7, 11) is 1.78. The zero-order chi connectivity index (χ0) is 13.1. The smallest absolute Gasteiger partial charge is 0.303 e. The zero-order valence-corrected chi connectivity index (χ0v) is 10.6. The number of carbonyl (C=O) groups is 1. The molecule has 18 heavy (non-hydrogen) atoms. The normalized spacial score (nSPS) is 10.6. The molecule has 2 aromatic heterocycles. The number of hydrogen-bond acceptors (Lipinski definition) is 3. The lowest BCUT2D eigenvalue weighted by Gasteiger charge is -2.00. The summed E-state index contributed by atoms with van der Waals surface area (Å²) in [5.74, 6) is -0.225. The molecule has 0 aliphatic rings. The Morgan fingerprint density at radius 1 is 1.50 bits per heavy atom. The fourth-order valence-electron chi connectivity index (χ4n) is 1.64. The summed E-state index contributed by atoms with van der Waals surface area (Å²) in [4.78, 5) is 19.1. The van der Waals surface area contributed by atoms with E-state index in [1.165, 1.54) is 0 Å². The molecule has 5 nitrogen and oxygen atoms in total. The number of aromatic nitrogens is 3. The van der Waals surface area contributed by atoms with Crippen molar-refractivity contribution in [1.29, 1.82) is 0 Å². The highest BCUT2D eigenvalue weighted by molar-refractivity contribution is 6.30. The third-order valence-corrected chi connectivity index (χ3v) is 3.03. The first-order valence-electron chi connectivity index (χ1n) is 5.44. The molecule has 0 unspecified atom stereocenters. The molecule has 0 amide bonds. The maximum absolute atomic E-state index is 10.6. The van der Waals surface area contributed by atoms with Crippen molar-refractivity contribution in [1.82, 2.24) is 14.5 Å². The van der Waals surface area contributed by atoms with Gasteiger partial charge in [0.1, 0.15) is 10.8 Å². The van der Waals surface area contributed by atoms with E-state index in [0.717, 1.165) is 0 Å². The average molecular weight is 266 g/mol. The minimum atomic E-state index is -0.865. The number of aryl methyl sites for hydroxylation is 1. The van der Waals surface area contributed by atoms with Gasteiger partial charge in [-0.05, 0) is 12.1 Å². The van der Waals surface area contributed by atoms with Crippen LogP contribution in [0.5, 0.6) is 0 Å². The topological polar surface area (TPSA) is 68.0 Å². The first-order chi connectivity index (χ1) is 8.59. The zero-order valence-electron chi connectivity index (χ0n) is 9.80. The molecule has 0 aliphatic carbocycles. The van der Waals surface area contributed by atoms with Crippen molar-refractivity contribution in [3.63, 3.8) is 0 Å². The van der Waals surface area contributed by atoms with Crippen molar-refractivity contribution < 1.29 is 9.90 Å². The molecule has 0 bridgehead atoms. The van der Waals surface area contributed by atoms with Crippen LogP contribution in [0.2, 0.25) is 5.15 Å². The number of halogens is 1. The van der Waals surface area contributed by atoms with E-state index in [9.17, 15) is 4.79 Å². The molecule has 6 heteroatoms. The van der Waals surface area contributed by atoms with E-state index < -0.39 is 5.97 Å². The molecule has 0 spiro atoms. The SMILES string of the molecule is Cn1c(-c2ccccn2)nc(CCC(=O)O)c1Cl. The van der Waals surface area contributed by atoms with Crippen LogP contribution in [0.1, 0.15) is 12.1 Å². The van der Waals surface area contributed by atoms with Gasteiger partial charge in [-0.1, -0.05) is 17.7 Å². The van der Waals surface area contributed by atoms with E-state index in [-0.39, 0.29) is 6.42 Å². The van der Waals surface area contributed by atoms with Gasteiger partial charge in [0, 0.05) is 19.7 Å². The average Bonchev–Trinajstić information content (AvgIpc) is 2.65. The van der Waals surface area contributed by atoms with E-state index in [1.807, 2.05) is 18.2 Å². The molecule has 0 aromatic carbocycles. The summed E-state index contributed by atoms with van der Waals surface area (Å²) in [5.41, 5.74) is 1.30. The molecule has 94 valence electrons. The Balaban J connectivity index is 2.33. The molecule has 0 saturated carbocycles. The largest absolute Gasteiger partial charge is 0.481 e. The minimum absolute atomic E-state index is 0.0123. The Morgan fingerprint density at radius 2 is 2.28 bits per heavy atom. The molecule has 0 aliphatic heterocycles. The van der Waals surface area contributed by atoms with Crippen LogP contribution in [0.25, 0.3) is 11.5 Å². The minimum Gasteiger partial charge on any atom is -0.481 e. The van der Waals surface area contributed by atoms with Crippen molar-refractivity contribution in [2.45, 2.75) is 12.8 Å². The predicted octanol–water partition coefficient (Wildman–Crippen LogP) is 2.15. The Bertz CT molecular complexity index is 566. The number of hydrogen-bond donors (Lipinski definition) is 1. The molecule has 0 saturated heterocycles. The molecule has 1 N–H and O–H groups in total. The number of pyridine rings is 1. The molecule has 0 radical (unpaired) electrons. The number of aliphatic carboxylic acids is 1. The van der Waals surface area contributed by atoms with Gasteiger partial charge in [-0.2, -0.15) is 0 Å². The van der Waals surface area contributed by atoms with Gasteiger partial charge >= 0.3 is 5.97 Å². The lowest BCUT2D eigenvalue weighted by molar-refractivity contribution is -0.136. The van der Waals surface area contributed by atoms with E-state index in [0.29, 0.717) is 28.8 Å². The van der Waals surface area contributed by atoms with Crippen LogP contribution in [0.4, 0.5) is 0 Å². The summed E-state index contributed by atoms with van der Waals surface area (Å²) < 4.78 is 1.71. The fraction of sp³-hybridized carbons (Fsp3) is 0.250. The van der Waals surface area contributed by atoms with E-state index in [1.54, 1.807) is 17.8 Å². The van der Waals surface area contributed by atoms with Crippen LogP contribution < -0.4 is 0 Å². The Morgan fingerprint density at radius 3 is 2.89 bits per heavy atom. The summed E-state index contributed by atoms with van der Waals surface area (Å²) in [6.45, 7) is 0. The fourth-order valence-corrected chi connectivity index (χ4v) is 1.86. The number of nitrogens with zero attached hydrogens (tertiary/aromatic N) is 3. The van der Waals surface area contributed by atoms with Gasteiger partial charge in [0.05, 0.1) is 12.1 Å². The number of carboxylic acids is 1. The highest BCUT2D eigenvalue weighted by Crippen LogP contribution is 2.24. The number of rotatable bonds is 4. The van der Waals surface area contributed by atoms with Crippen molar-refractivity contribution >= 4 is 17.6 Å². The predicted molar refractivity (Wildman–Crippen MR) is 67.4 cm³/mol. The summed E-state index contributed by atoms with van der Waals surface area (Å²) >= 11 is 6.13. The molecular weight excluding hydrogens is 254 g/mol. The standard InChI is InChI=1S/C12H12ClN3O2/c1-16-11(13)8(5-6-10(17)18)15-12(16)9-4-2-3-7-14-9/h2-4,7H,5-6H2,1H3,(H,17,18). The first-order valence-corrected chi connectivity index (χ1v) is 5.81. The molecule has 0 fully saturated rings. The van der Waals surface area contributed by atoms with Crippen LogP contribution in [0.15, 0.2) is 24.4 Å². The molecular formula is C12H12ClN3O2. The van der Waals surface area contributed by atoms with E-state index >= 15 is 0 Å². The van der Waals surface area contributed by atoms with Crippen molar-refractivity contribution in [3.05, 3.63) is 35.2 Å². The molecule has 2 rings (SSSR count). The van der Waals surface area contributed by atoms with E-state index in [4.69, 9.17) is 16.7 Å². The first kappa shape index (κ1) is 12.6. The third kappa shape index (κ3) is 2.51. The van der Waals surface area contributed by atoms with Gasteiger partial charge in [0.2, 0.25) is 0 Å². The van der Waals surface area contributed by atoms with Crippen LogP contribution in [0.3, 0.4) is 0 Å².